The van der Waals surface area contributed by atoms with E-state index in [-0.39, 0.29) is 36.2 Å². The van der Waals surface area contributed by atoms with Crippen molar-refractivity contribution in [3.63, 3.8) is 0 Å². The highest BCUT2D eigenvalue weighted by atomic mass is 32.2. The zero-order valence-corrected chi connectivity index (χ0v) is 21.7. The summed E-state index contributed by atoms with van der Waals surface area (Å²) in [7, 11) is 0. The molecule has 0 aliphatic carbocycles. The van der Waals surface area contributed by atoms with E-state index in [1.807, 2.05) is 6.92 Å². The van der Waals surface area contributed by atoms with E-state index < -0.39 is 17.6 Å². The van der Waals surface area contributed by atoms with Gasteiger partial charge in [-0.3, -0.25) is 28.5 Å². The lowest BCUT2D eigenvalue weighted by Crippen LogP contribution is -2.57. The number of hydrogen-bond acceptors (Lipinski definition) is 9. The Labute approximate surface area is 217 Å². The minimum absolute atomic E-state index is 0.151. The predicted octanol–water partition coefficient (Wildman–Crippen LogP) is 1.95. The number of rotatable bonds is 8. The number of carbonyl (C=O) groups excluding carboxylic acids is 3. The molecule has 2 aliphatic rings. The normalized spacial score (nSPS) is 19.3. The maximum atomic E-state index is 13.6. The van der Waals surface area contributed by atoms with Crippen LogP contribution in [0.5, 0.6) is 0 Å². The number of thiocarbonyl (C=S) groups is 1. The van der Waals surface area contributed by atoms with Crippen molar-refractivity contribution in [3.8, 4) is 0 Å². The first-order valence-corrected chi connectivity index (χ1v) is 13.0. The van der Waals surface area contributed by atoms with Crippen LogP contribution in [0.1, 0.15) is 38.7 Å². The van der Waals surface area contributed by atoms with Gasteiger partial charge in [0.05, 0.1) is 23.5 Å². The maximum absolute atomic E-state index is 13.6. The number of ether oxygens (including phenoxy) is 1. The van der Waals surface area contributed by atoms with Crippen LogP contribution in [-0.2, 0) is 19.1 Å². The molecule has 2 amide bonds. The third kappa shape index (κ3) is 5.14. The number of unbranched alkanes of at least 4 members (excludes halogenated alkanes) is 1. The molecule has 0 unspecified atom stereocenters. The predicted molar refractivity (Wildman–Crippen MR) is 142 cm³/mol. The fourth-order valence-corrected chi connectivity index (χ4v) is 5.42. The van der Waals surface area contributed by atoms with Crippen LogP contribution in [0.25, 0.3) is 11.7 Å². The first-order chi connectivity index (χ1) is 17.3. The van der Waals surface area contributed by atoms with E-state index in [0.29, 0.717) is 34.5 Å². The van der Waals surface area contributed by atoms with Crippen LogP contribution in [0.3, 0.4) is 0 Å². The summed E-state index contributed by atoms with van der Waals surface area (Å²) in [5, 5.41) is 2.76. The molecule has 36 heavy (non-hydrogen) atoms. The van der Waals surface area contributed by atoms with E-state index in [2.05, 4.69) is 5.32 Å². The summed E-state index contributed by atoms with van der Waals surface area (Å²) in [4.78, 5) is 60.0. The van der Waals surface area contributed by atoms with Gasteiger partial charge in [-0.15, -0.1) is 0 Å². The van der Waals surface area contributed by atoms with Crippen molar-refractivity contribution in [2.24, 2.45) is 0 Å². The van der Waals surface area contributed by atoms with Crippen molar-refractivity contribution in [3.05, 3.63) is 45.2 Å². The summed E-state index contributed by atoms with van der Waals surface area (Å²) in [6.45, 7) is 5.05. The first-order valence-electron chi connectivity index (χ1n) is 11.8. The minimum Gasteiger partial charge on any atom is -0.466 e. The van der Waals surface area contributed by atoms with Gasteiger partial charge in [0, 0.05) is 25.8 Å². The monoisotopic (exact) mass is 529 g/mol. The smallest absolute Gasteiger partial charge is 0.308 e. The van der Waals surface area contributed by atoms with Gasteiger partial charge >= 0.3 is 5.97 Å². The van der Waals surface area contributed by atoms with Gasteiger partial charge in [0.1, 0.15) is 21.8 Å². The van der Waals surface area contributed by atoms with E-state index >= 15 is 0 Å². The molecule has 4 rings (SSSR count). The Bertz CT molecular complexity index is 1310. The lowest BCUT2D eigenvalue weighted by molar-refractivity contribution is -0.145. The Hall–Kier alpha value is -3.25. The molecule has 0 bridgehead atoms. The highest BCUT2D eigenvalue weighted by Gasteiger charge is 2.36. The molecular weight excluding hydrogens is 502 g/mol. The van der Waals surface area contributed by atoms with Gasteiger partial charge in [0.2, 0.25) is 5.91 Å². The minimum atomic E-state index is -0.915. The molecule has 2 fully saturated rings. The lowest BCUT2D eigenvalue weighted by atomic mass is 10.1. The maximum Gasteiger partial charge on any atom is 0.308 e. The molecular formula is C24H27N5O5S2. The van der Waals surface area contributed by atoms with Crippen LogP contribution < -0.4 is 15.8 Å². The Kier molecular flexibility index (Phi) is 8.04. The largest absolute Gasteiger partial charge is 0.466 e. The molecule has 0 radical (unpaired) electrons. The second kappa shape index (κ2) is 11.2. The van der Waals surface area contributed by atoms with Gasteiger partial charge in [-0.05, 0) is 31.6 Å². The van der Waals surface area contributed by atoms with Crippen LogP contribution >= 0.6 is 24.0 Å². The number of hydrogen-bond donors (Lipinski definition) is 1. The Balaban J connectivity index is 1.83. The van der Waals surface area contributed by atoms with E-state index in [1.165, 1.54) is 10.5 Å². The SMILES string of the molecule is CCCCN1C(=O)/C(=C/c2c(N3CCNC(=O)[C@H]3CC(=O)OCC)nc3ccccn3c2=O)SC1=S. The molecule has 0 spiro atoms. The number of thioether (sulfide) groups is 1. The molecule has 0 aromatic carbocycles. The van der Waals surface area contributed by atoms with Gasteiger partial charge in [0.15, 0.2) is 0 Å². The second-order valence-electron chi connectivity index (χ2n) is 8.28. The topological polar surface area (TPSA) is 113 Å². The average molecular weight is 530 g/mol. The van der Waals surface area contributed by atoms with Crippen LogP contribution in [0.15, 0.2) is 34.1 Å². The Morgan fingerprint density at radius 3 is 2.86 bits per heavy atom. The zero-order chi connectivity index (χ0) is 25.8. The molecule has 190 valence electrons. The number of amides is 2. The summed E-state index contributed by atoms with van der Waals surface area (Å²) in [5.41, 5.74) is 0.138. The fraction of sp³-hybridized carbons (Fsp3) is 0.417. The average Bonchev–Trinajstić information content (AvgIpc) is 3.12. The summed E-state index contributed by atoms with van der Waals surface area (Å²) in [6, 6.07) is 4.23. The van der Waals surface area contributed by atoms with Crippen molar-refractivity contribution in [2.75, 3.05) is 31.1 Å². The molecule has 1 N–H and O–H groups in total. The summed E-state index contributed by atoms with van der Waals surface area (Å²) < 4.78 is 6.89. The Morgan fingerprint density at radius 2 is 2.11 bits per heavy atom. The van der Waals surface area contributed by atoms with Gasteiger partial charge in [-0.25, -0.2) is 4.98 Å². The van der Waals surface area contributed by atoms with Crippen molar-refractivity contribution in [1.29, 1.82) is 0 Å². The summed E-state index contributed by atoms with van der Waals surface area (Å²) in [6.07, 6.45) is 4.62. The van der Waals surface area contributed by atoms with Crippen LogP contribution in [-0.4, -0.2) is 68.7 Å². The van der Waals surface area contributed by atoms with E-state index in [1.54, 1.807) is 41.1 Å². The third-order valence-corrected chi connectivity index (χ3v) is 7.28. The van der Waals surface area contributed by atoms with Gasteiger partial charge in [-0.1, -0.05) is 43.4 Å². The Morgan fingerprint density at radius 1 is 1.31 bits per heavy atom. The number of anilines is 1. The molecule has 2 aromatic heterocycles. The van der Waals surface area contributed by atoms with Crippen molar-refractivity contribution in [2.45, 2.75) is 39.2 Å². The number of carbonyl (C=O) groups is 3. The number of nitrogens with one attached hydrogen (secondary N) is 1. The quantitative estimate of drug-likeness (QED) is 0.311. The highest BCUT2D eigenvalue weighted by molar-refractivity contribution is 8.26. The fourth-order valence-electron chi connectivity index (χ4n) is 4.13. The molecule has 2 aliphatic heterocycles. The number of aromatic nitrogens is 2. The van der Waals surface area contributed by atoms with Crippen LogP contribution in [0, 0.1) is 0 Å². The molecule has 4 heterocycles. The van der Waals surface area contributed by atoms with E-state index in [9.17, 15) is 19.2 Å². The number of pyridine rings is 1. The summed E-state index contributed by atoms with van der Waals surface area (Å²) >= 11 is 6.55. The molecule has 0 saturated carbocycles. The van der Waals surface area contributed by atoms with Crippen LogP contribution in [0.4, 0.5) is 5.82 Å². The van der Waals surface area contributed by atoms with Gasteiger partial charge in [-0.2, -0.15) is 0 Å². The number of nitrogens with zero attached hydrogens (tertiary/aromatic N) is 4. The third-order valence-electron chi connectivity index (χ3n) is 5.90. The van der Waals surface area contributed by atoms with Crippen molar-refractivity contribution < 1.29 is 19.1 Å². The highest BCUT2D eigenvalue weighted by Crippen LogP contribution is 2.34. The van der Waals surface area contributed by atoms with Crippen molar-refractivity contribution >= 4 is 63.6 Å². The van der Waals surface area contributed by atoms with Gasteiger partial charge in [0.25, 0.3) is 11.5 Å². The molecule has 2 aromatic rings. The zero-order valence-electron chi connectivity index (χ0n) is 20.1. The second-order valence-corrected chi connectivity index (χ2v) is 9.96. The van der Waals surface area contributed by atoms with Crippen molar-refractivity contribution in [1.82, 2.24) is 19.6 Å². The molecule has 1 atom stereocenters. The lowest BCUT2D eigenvalue weighted by Gasteiger charge is -2.36. The standard InChI is InChI=1S/C24H27N5O5S2/c1-3-5-10-29-23(33)17(36-24(29)35)13-15-20(26-18-8-6-7-11-28(18)22(15)32)27-12-9-25-21(31)16(27)14-19(30)34-4-2/h6-8,11,13,16H,3-5,9-10,12,14H2,1-2H3,(H,25,31)/b17-13-/t16-/m1/s1. The molecule has 12 heteroatoms. The van der Waals surface area contributed by atoms with E-state index in [0.717, 1.165) is 24.6 Å². The molecule has 10 nitrogen and oxygen atoms in total. The van der Waals surface area contributed by atoms with Gasteiger partial charge < -0.3 is 15.0 Å². The first kappa shape index (κ1) is 25.8. The number of esters is 1. The summed E-state index contributed by atoms with van der Waals surface area (Å²) in [5.74, 6) is -0.919. The van der Waals surface area contributed by atoms with E-state index in [4.69, 9.17) is 21.9 Å². The van der Waals surface area contributed by atoms with Crippen LogP contribution in [0.2, 0.25) is 0 Å². The number of piperazine rings is 1. The number of fused-ring (bicyclic) bond motifs is 1. The molecule has 2 saturated heterocycles.